The summed E-state index contributed by atoms with van der Waals surface area (Å²) < 4.78 is 17.5. The number of hydrogen-bond acceptors (Lipinski definition) is 11. The predicted molar refractivity (Wildman–Crippen MR) is 248 cm³/mol. The first-order valence-electron chi connectivity index (χ1n) is 20.0. The van der Waals surface area contributed by atoms with Crippen LogP contribution in [0.5, 0.6) is 0 Å². The van der Waals surface area contributed by atoms with Gasteiger partial charge in [-0.3, -0.25) is 9.59 Å². The number of carbonyl (C=O) groups is 2. The molecule has 2 amide bonds. The molecule has 5 aromatic heterocycles. The Bertz CT molecular complexity index is 2490. The fraction of sp³-hybridized carbons (Fsp3) is 0.488. The number of fused-ring (bicyclic) bond motifs is 3. The average Bonchev–Trinajstić information content (AvgIpc) is 3.87. The molecule has 0 unspecified atom stereocenters. The number of amides is 2. The SMILES string of the molecule is CC(C)(CO)NC(=O)c1cn(COCC[Si](C)(C)C)c2ncc(-n3ncc4cc(Cl)ccc43)nc12.CC(C)(CO)NC(=O)c1cn(COCC[Si](C)(C)C)c2ncc(Br)nc12. The summed E-state index contributed by atoms with van der Waals surface area (Å²) in [4.78, 5) is 44.0. The predicted octanol–water partition coefficient (Wildman–Crippen LogP) is 7.24. The van der Waals surface area contributed by atoms with E-state index < -0.39 is 27.2 Å². The fourth-order valence-electron chi connectivity index (χ4n) is 5.80. The lowest BCUT2D eigenvalue weighted by Gasteiger charge is -2.23. The number of aromatic nitrogens is 8. The van der Waals surface area contributed by atoms with Crippen LogP contribution in [0.2, 0.25) is 56.4 Å². The van der Waals surface area contributed by atoms with Crippen LogP contribution >= 0.6 is 27.5 Å². The van der Waals surface area contributed by atoms with Crippen molar-refractivity contribution >= 4 is 88.7 Å². The molecule has 0 aliphatic carbocycles. The van der Waals surface area contributed by atoms with Gasteiger partial charge in [-0.25, -0.2) is 24.6 Å². The molecule has 1 aromatic carbocycles. The number of carbonyl (C=O) groups excluding carboxylic acids is 2. The van der Waals surface area contributed by atoms with Gasteiger partial charge < -0.3 is 39.5 Å². The number of hydrogen-bond donors (Lipinski definition) is 4. The second kappa shape index (κ2) is 19.5. The van der Waals surface area contributed by atoms with Crippen LogP contribution in [-0.4, -0.2) is 115 Å². The van der Waals surface area contributed by atoms with Crippen molar-refractivity contribution in [2.75, 3.05) is 26.4 Å². The van der Waals surface area contributed by atoms with Crippen molar-refractivity contribution in [3.8, 4) is 5.82 Å². The van der Waals surface area contributed by atoms with Gasteiger partial charge in [0.25, 0.3) is 11.8 Å². The Hall–Kier alpha value is -4.09. The van der Waals surface area contributed by atoms with Crippen LogP contribution < -0.4 is 10.6 Å². The van der Waals surface area contributed by atoms with E-state index in [2.05, 4.69) is 85.9 Å². The number of rotatable bonds is 17. The third-order valence-electron chi connectivity index (χ3n) is 9.47. The second-order valence-corrected chi connectivity index (χ2v) is 31.2. The molecule has 0 aliphatic heterocycles. The summed E-state index contributed by atoms with van der Waals surface area (Å²) in [6.07, 6.45) is 8.34. The van der Waals surface area contributed by atoms with E-state index in [-0.39, 0.29) is 31.8 Å². The van der Waals surface area contributed by atoms with E-state index in [4.69, 9.17) is 26.1 Å². The molecule has 0 atom stereocenters. The highest BCUT2D eigenvalue weighted by atomic mass is 79.9. The van der Waals surface area contributed by atoms with Crippen LogP contribution in [0.4, 0.5) is 0 Å². The third-order valence-corrected chi connectivity index (χ3v) is 13.5. The quantitative estimate of drug-likeness (QED) is 0.0531. The van der Waals surface area contributed by atoms with Crippen molar-refractivity contribution in [3.05, 3.63) is 69.9 Å². The molecule has 5 heterocycles. The van der Waals surface area contributed by atoms with Gasteiger partial charge in [0.15, 0.2) is 17.1 Å². The molecule has 0 bridgehead atoms. The molecule has 6 aromatic rings. The number of halogens is 2. The lowest BCUT2D eigenvalue weighted by Crippen LogP contribution is -2.46. The minimum atomic E-state index is -1.23. The van der Waals surface area contributed by atoms with E-state index in [0.717, 1.165) is 23.0 Å². The standard InChI is InChI=1S/C24H31ClN6O3Si.C17H27BrN4O3Si/c1-24(2,14-32)29-23(33)18-13-30(15-34-8-9-35(3,4)5)22-21(18)28-20(12-26-22)31-19-7-6-17(25)10-16(19)11-27-31;1-17(2,10-23)21-16(24)12-9-22(11-25-6-7-26(3,4)5)15-14(12)20-13(18)8-19-15/h6-7,10-13,32H,8-9,14-15H2,1-5H3,(H,29,33);8-9,23H,6-7,10-11H2,1-5H3,(H,21,24). The van der Waals surface area contributed by atoms with Crippen molar-refractivity contribution in [3.63, 3.8) is 0 Å². The van der Waals surface area contributed by atoms with Gasteiger partial charge in [0.1, 0.15) is 29.1 Å². The highest BCUT2D eigenvalue weighted by Gasteiger charge is 2.26. The van der Waals surface area contributed by atoms with E-state index >= 15 is 0 Å². The number of nitrogens with zero attached hydrogens (tertiary/aromatic N) is 8. The highest BCUT2D eigenvalue weighted by Crippen LogP contribution is 2.25. The molecule has 0 spiro atoms. The Labute approximate surface area is 371 Å². The molecule has 0 radical (unpaired) electrons. The summed E-state index contributed by atoms with van der Waals surface area (Å²) in [7, 11) is -2.38. The zero-order chi connectivity index (χ0) is 44.9. The molecule has 0 aliphatic rings. The smallest absolute Gasteiger partial charge is 0.255 e. The molecule has 16 nitrogen and oxygen atoms in total. The van der Waals surface area contributed by atoms with Gasteiger partial charge in [0, 0.05) is 52.2 Å². The first-order valence-corrected chi connectivity index (χ1v) is 28.6. The van der Waals surface area contributed by atoms with E-state index in [1.54, 1.807) is 78.6 Å². The molecule has 0 saturated carbocycles. The fourth-order valence-corrected chi connectivity index (χ4v) is 7.77. The Balaban J connectivity index is 0.000000242. The summed E-state index contributed by atoms with van der Waals surface area (Å²) in [5.41, 5.74) is 2.12. The van der Waals surface area contributed by atoms with Gasteiger partial charge in [-0.2, -0.15) is 5.10 Å². The van der Waals surface area contributed by atoms with E-state index in [0.29, 0.717) is 68.8 Å². The van der Waals surface area contributed by atoms with Crippen LogP contribution in [-0.2, 0) is 22.9 Å². The Morgan fingerprint density at radius 3 is 1.75 bits per heavy atom. The molecule has 4 N–H and O–H groups in total. The monoisotopic (exact) mass is 956 g/mol. The summed E-state index contributed by atoms with van der Waals surface area (Å²) in [5.74, 6) is -0.177. The summed E-state index contributed by atoms with van der Waals surface area (Å²) in [6.45, 7) is 22.3. The third kappa shape index (κ3) is 13.0. The molecule has 61 heavy (non-hydrogen) atoms. The van der Waals surface area contributed by atoms with Gasteiger partial charge in [0.05, 0.1) is 59.5 Å². The van der Waals surface area contributed by atoms with Crippen LogP contribution in [0.1, 0.15) is 48.4 Å². The Morgan fingerprint density at radius 2 is 1.26 bits per heavy atom. The van der Waals surface area contributed by atoms with E-state index in [1.807, 2.05) is 12.1 Å². The lowest BCUT2D eigenvalue weighted by atomic mass is 10.1. The first-order chi connectivity index (χ1) is 28.5. The molecular formula is C41H58BrClN10O6Si2. The maximum atomic E-state index is 13.2. The van der Waals surface area contributed by atoms with Crippen molar-refractivity contribution < 1.29 is 29.3 Å². The number of aliphatic hydroxyl groups is 2. The first kappa shape index (κ1) is 48.0. The second-order valence-electron chi connectivity index (χ2n) is 18.7. The van der Waals surface area contributed by atoms with Crippen LogP contribution in [0.25, 0.3) is 39.0 Å². The normalized spacial score (nSPS) is 12.6. The Morgan fingerprint density at radius 1 is 0.770 bits per heavy atom. The molecule has 6 rings (SSSR count). The van der Waals surface area contributed by atoms with E-state index in [9.17, 15) is 19.8 Å². The molecule has 0 fully saturated rings. The topological polar surface area (TPSA) is 196 Å². The maximum Gasteiger partial charge on any atom is 0.255 e. The average molecular weight is 959 g/mol. The summed E-state index contributed by atoms with van der Waals surface area (Å²) in [6, 6.07) is 7.60. The molecule has 0 saturated heterocycles. The van der Waals surface area contributed by atoms with E-state index in [1.165, 1.54) is 0 Å². The molecule has 330 valence electrons. The van der Waals surface area contributed by atoms with Gasteiger partial charge in [-0.1, -0.05) is 50.9 Å². The largest absolute Gasteiger partial charge is 0.394 e. The van der Waals surface area contributed by atoms with Crippen LogP contribution in [0, 0.1) is 0 Å². The summed E-state index contributed by atoms with van der Waals surface area (Å²) >= 11 is 9.42. The minimum Gasteiger partial charge on any atom is -0.394 e. The van der Waals surface area contributed by atoms with Crippen molar-refractivity contribution in [2.24, 2.45) is 0 Å². The van der Waals surface area contributed by atoms with Gasteiger partial charge in [0.2, 0.25) is 0 Å². The van der Waals surface area contributed by atoms with Gasteiger partial charge in [-0.15, -0.1) is 0 Å². The number of aliphatic hydroxyl groups excluding tert-OH is 2. The van der Waals surface area contributed by atoms with Crippen molar-refractivity contribution in [1.29, 1.82) is 0 Å². The number of benzene rings is 1. The minimum absolute atomic E-state index is 0.160. The van der Waals surface area contributed by atoms with Crippen molar-refractivity contribution in [1.82, 2.24) is 49.5 Å². The van der Waals surface area contributed by atoms with Gasteiger partial charge in [-0.05, 0) is 73.9 Å². The molecule has 20 heteroatoms. The van der Waals surface area contributed by atoms with Crippen LogP contribution in [0.15, 0.2) is 53.8 Å². The zero-order valence-corrected chi connectivity index (χ0v) is 41.0. The Kier molecular flexibility index (Phi) is 15.4. The molecular weight excluding hydrogens is 900 g/mol. The number of nitrogens with one attached hydrogen (secondary N) is 2. The highest BCUT2D eigenvalue weighted by molar-refractivity contribution is 9.10. The van der Waals surface area contributed by atoms with Crippen molar-refractivity contribution in [2.45, 2.75) is 104 Å². The maximum absolute atomic E-state index is 13.2. The number of ether oxygens (including phenoxy) is 2. The lowest BCUT2D eigenvalue weighted by molar-refractivity contribution is 0.0850. The summed E-state index contributed by atoms with van der Waals surface area (Å²) in [5, 5.41) is 30.6. The van der Waals surface area contributed by atoms with Gasteiger partial charge >= 0.3 is 0 Å². The zero-order valence-electron chi connectivity index (χ0n) is 36.6. The van der Waals surface area contributed by atoms with Crippen LogP contribution in [0.3, 0.4) is 0 Å².